The molecule has 2 aliphatic rings. The van der Waals surface area contributed by atoms with Gasteiger partial charge in [-0.15, -0.1) is 0 Å². The molecule has 5 rings (SSSR count). The van der Waals surface area contributed by atoms with Gasteiger partial charge in [-0.1, -0.05) is 73.7 Å². The first-order valence-corrected chi connectivity index (χ1v) is 15.1. The third-order valence-corrected chi connectivity index (χ3v) is 9.17. The molecule has 6 heteroatoms. The minimum absolute atomic E-state index is 0.0995. The maximum absolute atomic E-state index is 13.6. The number of nitrogens with one attached hydrogen (secondary N) is 1. The molecule has 1 fully saturated rings. The van der Waals surface area contributed by atoms with Gasteiger partial charge in [0.05, 0.1) is 5.92 Å². The Bertz CT molecular complexity index is 1420. The largest absolute Gasteiger partial charge is 0.508 e. The number of nitrogens with zero attached hydrogens (tertiary/aromatic N) is 1. The van der Waals surface area contributed by atoms with Crippen LogP contribution in [0.3, 0.4) is 0 Å². The van der Waals surface area contributed by atoms with Crippen molar-refractivity contribution in [3.63, 3.8) is 0 Å². The van der Waals surface area contributed by atoms with E-state index in [1.165, 1.54) is 16.7 Å². The lowest BCUT2D eigenvalue weighted by Gasteiger charge is -2.58. The zero-order valence-corrected chi connectivity index (χ0v) is 25.4. The quantitative estimate of drug-likeness (QED) is 0.353. The van der Waals surface area contributed by atoms with Gasteiger partial charge in [0.2, 0.25) is 5.91 Å². The van der Waals surface area contributed by atoms with Gasteiger partial charge in [-0.05, 0) is 92.8 Å². The SMILES string of the molecule is CC(C)(C)OC(=O)CNC(=O)[C@@H](Cc1ccccc1)CN1CC[C@@]2(c3cccc(O)c3)Cc3ccccc3C[C@@]2(C)C1. The number of piperidine rings is 1. The Hall–Kier alpha value is -3.64. The number of phenols is 1. The van der Waals surface area contributed by atoms with E-state index in [9.17, 15) is 14.7 Å². The number of aromatic hydroxyl groups is 1. The molecule has 2 N–H and O–H groups in total. The van der Waals surface area contributed by atoms with Gasteiger partial charge in [0.25, 0.3) is 0 Å². The van der Waals surface area contributed by atoms with Crippen molar-refractivity contribution in [3.8, 4) is 5.75 Å². The fraction of sp³-hybridized carbons (Fsp3) is 0.444. The Balaban J connectivity index is 1.39. The van der Waals surface area contributed by atoms with Crippen LogP contribution in [0, 0.1) is 11.3 Å². The number of likely N-dealkylation sites (tertiary alicyclic amines) is 1. The molecule has 0 radical (unpaired) electrons. The Morgan fingerprint density at radius 2 is 1.67 bits per heavy atom. The maximum Gasteiger partial charge on any atom is 0.325 e. The van der Waals surface area contributed by atoms with E-state index in [-0.39, 0.29) is 29.2 Å². The summed E-state index contributed by atoms with van der Waals surface area (Å²) < 4.78 is 5.42. The molecule has 3 atom stereocenters. The van der Waals surface area contributed by atoms with Crippen LogP contribution in [0.15, 0.2) is 78.9 Å². The first-order chi connectivity index (χ1) is 20.0. The second-order valence-corrected chi connectivity index (χ2v) is 13.5. The molecule has 0 aromatic heterocycles. The van der Waals surface area contributed by atoms with E-state index in [2.05, 4.69) is 59.6 Å². The van der Waals surface area contributed by atoms with Crippen LogP contribution < -0.4 is 5.32 Å². The van der Waals surface area contributed by atoms with E-state index < -0.39 is 11.6 Å². The minimum atomic E-state index is -0.602. The fourth-order valence-electron chi connectivity index (χ4n) is 7.24. The molecule has 1 aliphatic carbocycles. The summed E-state index contributed by atoms with van der Waals surface area (Å²) in [4.78, 5) is 28.4. The summed E-state index contributed by atoms with van der Waals surface area (Å²) in [5.74, 6) is -0.581. The van der Waals surface area contributed by atoms with Crippen molar-refractivity contribution in [2.45, 2.75) is 64.4 Å². The third-order valence-electron chi connectivity index (χ3n) is 9.17. The Morgan fingerprint density at radius 1 is 0.976 bits per heavy atom. The lowest BCUT2D eigenvalue weighted by molar-refractivity contribution is -0.154. The van der Waals surface area contributed by atoms with E-state index in [1.54, 1.807) is 6.07 Å². The van der Waals surface area contributed by atoms with Gasteiger partial charge in [-0.2, -0.15) is 0 Å². The molecule has 1 amide bonds. The number of hydrogen-bond acceptors (Lipinski definition) is 5. The molecule has 6 nitrogen and oxygen atoms in total. The highest BCUT2D eigenvalue weighted by atomic mass is 16.6. The zero-order chi connectivity index (χ0) is 30.0. The molecule has 1 aliphatic heterocycles. The highest BCUT2D eigenvalue weighted by Crippen LogP contribution is 2.55. The lowest BCUT2D eigenvalue weighted by Crippen LogP contribution is -2.61. The molecule has 0 saturated carbocycles. The Morgan fingerprint density at radius 3 is 2.36 bits per heavy atom. The molecule has 3 aromatic carbocycles. The van der Waals surface area contributed by atoms with Crippen LogP contribution in [0.2, 0.25) is 0 Å². The topological polar surface area (TPSA) is 78.9 Å². The van der Waals surface area contributed by atoms with Crippen molar-refractivity contribution in [1.82, 2.24) is 10.2 Å². The number of fused-ring (bicyclic) bond motifs is 2. The monoisotopic (exact) mass is 568 g/mol. The van der Waals surface area contributed by atoms with E-state index in [1.807, 2.05) is 51.1 Å². The van der Waals surface area contributed by atoms with Gasteiger partial charge >= 0.3 is 5.97 Å². The molecule has 1 saturated heterocycles. The van der Waals surface area contributed by atoms with E-state index in [0.717, 1.165) is 37.9 Å². The highest BCUT2D eigenvalue weighted by molar-refractivity contribution is 5.84. The number of carbonyl (C=O) groups is 2. The van der Waals surface area contributed by atoms with Crippen molar-refractivity contribution in [1.29, 1.82) is 0 Å². The molecular formula is C36H44N2O4. The second-order valence-electron chi connectivity index (χ2n) is 13.5. The molecular weight excluding hydrogens is 524 g/mol. The second kappa shape index (κ2) is 11.9. The number of ether oxygens (including phenoxy) is 1. The van der Waals surface area contributed by atoms with Crippen LogP contribution in [0.25, 0.3) is 0 Å². The van der Waals surface area contributed by atoms with Crippen molar-refractivity contribution in [2.75, 3.05) is 26.2 Å². The number of rotatable bonds is 8. The van der Waals surface area contributed by atoms with Crippen LogP contribution in [-0.4, -0.2) is 53.7 Å². The summed E-state index contributed by atoms with van der Waals surface area (Å²) in [5, 5.41) is 13.3. The Labute approximate surface area is 250 Å². The fourth-order valence-corrected chi connectivity index (χ4v) is 7.24. The first-order valence-electron chi connectivity index (χ1n) is 15.1. The smallest absolute Gasteiger partial charge is 0.325 e. The summed E-state index contributed by atoms with van der Waals surface area (Å²) in [7, 11) is 0. The highest BCUT2D eigenvalue weighted by Gasteiger charge is 2.55. The number of carbonyl (C=O) groups excluding carboxylic acids is 2. The maximum atomic E-state index is 13.6. The van der Waals surface area contributed by atoms with Crippen LogP contribution in [0.5, 0.6) is 5.75 Å². The van der Waals surface area contributed by atoms with Gasteiger partial charge in [0.15, 0.2) is 0 Å². The molecule has 42 heavy (non-hydrogen) atoms. The molecule has 0 bridgehead atoms. The summed E-state index contributed by atoms with van der Waals surface area (Å²) in [6.07, 6.45) is 3.39. The predicted molar refractivity (Wildman–Crippen MR) is 165 cm³/mol. The third kappa shape index (κ3) is 6.54. The normalized spacial score (nSPS) is 22.9. The molecule has 3 aromatic rings. The summed E-state index contributed by atoms with van der Waals surface area (Å²) in [5.41, 5.74) is 4.23. The van der Waals surface area contributed by atoms with Crippen molar-refractivity contribution in [3.05, 3.63) is 101 Å². The molecule has 0 unspecified atom stereocenters. The van der Waals surface area contributed by atoms with Crippen LogP contribution in [0.1, 0.15) is 56.4 Å². The van der Waals surface area contributed by atoms with Gasteiger partial charge in [-0.3, -0.25) is 9.59 Å². The Kier molecular flexibility index (Phi) is 8.47. The number of benzene rings is 3. The van der Waals surface area contributed by atoms with Gasteiger partial charge in [0.1, 0.15) is 17.9 Å². The van der Waals surface area contributed by atoms with E-state index in [4.69, 9.17) is 4.74 Å². The molecule has 0 spiro atoms. The van der Waals surface area contributed by atoms with Gasteiger partial charge in [-0.25, -0.2) is 0 Å². The summed E-state index contributed by atoms with van der Waals surface area (Å²) in [6.45, 7) is 9.99. The molecule has 222 valence electrons. The number of amides is 1. The average molecular weight is 569 g/mol. The average Bonchev–Trinajstić information content (AvgIpc) is 2.93. The number of phenolic OH excluding ortho intramolecular Hbond substituents is 1. The predicted octanol–water partition coefficient (Wildman–Crippen LogP) is 5.46. The number of esters is 1. The van der Waals surface area contributed by atoms with Gasteiger partial charge in [0, 0.05) is 18.5 Å². The lowest BCUT2D eigenvalue weighted by atomic mass is 9.50. The van der Waals surface area contributed by atoms with Crippen LogP contribution in [0.4, 0.5) is 0 Å². The van der Waals surface area contributed by atoms with Crippen molar-refractivity contribution >= 4 is 11.9 Å². The molecule has 1 heterocycles. The zero-order valence-electron chi connectivity index (χ0n) is 25.4. The first kappa shape index (κ1) is 29.8. The van der Waals surface area contributed by atoms with E-state index in [0.29, 0.717) is 18.7 Å². The van der Waals surface area contributed by atoms with Crippen LogP contribution in [-0.2, 0) is 39.0 Å². The minimum Gasteiger partial charge on any atom is -0.508 e. The van der Waals surface area contributed by atoms with Gasteiger partial charge < -0.3 is 20.1 Å². The van der Waals surface area contributed by atoms with Crippen molar-refractivity contribution in [2.24, 2.45) is 11.3 Å². The standard InChI is InChI=1S/C36H44N2O4/c1-34(2,3)42-32(40)23-37-33(41)29(19-26-11-6-5-7-12-26)24-38-18-17-36(30-15-10-16-31(39)20-30)22-28-14-9-8-13-27(28)21-35(36,4)25-38/h5-16,20,29,39H,17-19,21-25H2,1-4H3,(H,37,41)/t29-,35-,36-/m0/s1. The van der Waals surface area contributed by atoms with E-state index >= 15 is 0 Å². The number of hydrogen-bond donors (Lipinski definition) is 2. The summed E-state index contributed by atoms with van der Waals surface area (Å²) >= 11 is 0. The van der Waals surface area contributed by atoms with Crippen molar-refractivity contribution < 1.29 is 19.4 Å². The summed E-state index contributed by atoms with van der Waals surface area (Å²) in [6, 6.07) is 26.6. The van der Waals surface area contributed by atoms with Crippen LogP contribution >= 0.6 is 0 Å².